The number of hydrogen-bond acceptors (Lipinski definition) is 4. The molecule has 0 aliphatic carbocycles. The van der Waals surface area contributed by atoms with Gasteiger partial charge in [0.15, 0.2) is 11.5 Å². The van der Waals surface area contributed by atoms with E-state index in [1.54, 1.807) is 6.07 Å². The number of rotatable bonds is 3. The molecule has 3 N–H and O–H groups in total. The van der Waals surface area contributed by atoms with Gasteiger partial charge in [-0.25, -0.2) is 0 Å². The number of aromatic hydroxyl groups is 2. The Morgan fingerprint density at radius 3 is 2.67 bits per heavy atom. The molecule has 2 atom stereocenters. The van der Waals surface area contributed by atoms with Crippen molar-refractivity contribution in [3.8, 4) is 11.5 Å². The Morgan fingerprint density at radius 1 is 1.39 bits per heavy atom. The summed E-state index contributed by atoms with van der Waals surface area (Å²) in [6.45, 7) is 3.23. The average Bonchev–Trinajstić information content (AvgIpc) is 2.66. The number of phenols is 2. The fraction of sp³-hybridized carbons (Fsp3) is 0.462. The summed E-state index contributed by atoms with van der Waals surface area (Å²) < 4.78 is 0. The molecule has 1 heterocycles. The Balaban J connectivity index is 2.06. The molecular weight excluding hydrogens is 234 g/mol. The first-order chi connectivity index (χ1) is 8.49. The van der Waals surface area contributed by atoms with Crippen molar-refractivity contribution in [2.24, 2.45) is 5.92 Å². The molecule has 18 heavy (non-hydrogen) atoms. The van der Waals surface area contributed by atoms with Gasteiger partial charge in [-0.2, -0.15) is 0 Å². The molecule has 2 unspecified atom stereocenters. The van der Waals surface area contributed by atoms with E-state index >= 15 is 0 Å². The predicted molar refractivity (Wildman–Crippen MR) is 65.4 cm³/mol. The van der Waals surface area contributed by atoms with Crippen LogP contribution >= 0.6 is 0 Å². The van der Waals surface area contributed by atoms with Gasteiger partial charge in [0.25, 0.3) is 0 Å². The van der Waals surface area contributed by atoms with Gasteiger partial charge in [0.2, 0.25) is 0 Å². The lowest BCUT2D eigenvalue weighted by Gasteiger charge is -2.23. The van der Waals surface area contributed by atoms with E-state index in [1.165, 1.54) is 12.1 Å². The molecule has 1 fully saturated rings. The van der Waals surface area contributed by atoms with E-state index in [4.69, 9.17) is 5.11 Å². The van der Waals surface area contributed by atoms with Crippen molar-refractivity contribution in [1.82, 2.24) is 4.90 Å². The molecule has 1 aromatic carbocycles. The Bertz CT molecular complexity index is 460. The summed E-state index contributed by atoms with van der Waals surface area (Å²) in [6.07, 6.45) is 0.653. The Labute approximate surface area is 105 Å². The largest absolute Gasteiger partial charge is 0.504 e. The molecule has 0 bridgehead atoms. The van der Waals surface area contributed by atoms with E-state index in [9.17, 15) is 15.0 Å². The number of phenolic OH excluding ortho intramolecular Hbond substituents is 2. The summed E-state index contributed by atoms with van der Waals surface area (Å²) in [5.74, 6) is -1.36. The number of likely N-dealkylation sites (tertiary alicyclic amines) is 1. The van der Waals surface area contributed by atoms with Gasteiger partial charge in [-0.05, 0) is 37.6 Å². The lowest BCUT2D eigenvalue weighted by Crippen LogP contribution is -2.32. The van der Waals surface area contributed by atoms with Crippen molar-refractivity contribution in [3.05, 3.63) is 23.8 Å². The molecule has 0 spiro atoms. The number of benzene rings is 1. The van der Waals surface area contributed by atoms with Gasteiger partial charge in [-0.3, -0.25) is 9.69 Å². The van der Waals surface area contributed by atoms with E-state index in [2.05, 4.69) is 4.90 Å². The highest BCUT2D eigenvalue weighted by atomic mass is 16.4. The Kier molecular flexibility index (Phi) is 3.43. The van der Waals surface area contributed by atoms with E-state index in [0.717, 1.165) is 12.1 Å². The van der Waals surface area contributed by atoms with Crippen molar-refractivity contribution >= 4 is 5.97 Å². The van der Waals surface area contributed by atoms with Crippen LogP contribution in [0.2, 0.25) is 0 Å². The van der Waals surface area contributed by atoms with Crippen LogP contribution in [0.4, 0.5) is 0 Å². The standard InChI is InChI=1S/C13H17NO4/c1-8-10(13(17)18)4-5-14(8)7-9-2-3-11(15)12(16)6-9/h2-3,6,8,10,15-16H,4-5,7H2,1H3,(H,17,18). The van der Waals surface area contributed by atoms with Crippen molar-refractivity contribution in [2.45, 2.75) is 25.9 Å². The summed E-state index contributed by atoms with van der Waals surface area (Å²) in [5.41, 5.74) is 0.864. The monoisotopic (exact) mass is 251 g/mol. The number of hydrogen-bond donors (Lipinski definition) is 3. The molecule has 1 aliphatic heterocycles. The third kappa shape index (κ3) is 2.41. The second-order valence-corrected chi connectivity index (χ2v) is 4.77. The molecule has 5 heteroatoms. The summed E-state index contributed by atoms with van der Waals surface area (Å²) in [6, 6.07) is 4.67. The van der Waals surface area contributed by atoms with Crippen LogP contribution in [0.15, 0.2) is 18.2 Å². The number of aliphatic carboxylic acids is 1. The van der Waals surface area contributed by atoms with Crippen LogP contribution in [-0.4, -0.2) is 38.8 Å². The van der Waals surface area contributed by atoms with E-state index in [1.807, 2.05) is 6.92 Å². The zero-order valence-electron chi connectivity index (χ0n) is 10.2. The maximum Gasteiger partial charge on any atom is 0.308 e. The summed E-state index contributed by atoms with van der Waals surface area (Å²) in [5, 5.41) is 27.7. The van der Waals surface area contributed by atoms with Crippen LogP contribution in [0.1, 0.15) is 18.9 Å². The van der Waals surface area contributed by atoms with Gasteiger partial charge in [-0.15, -0.1) is 0 Å². The van der Waals surface area contributed by atoms with Crippen molar-refractivity contribution in [2.75, 3.05) is 6.54 Å². The first kappa shape index (κ1) is 12.7. The molecule has 0 saturated carbocycles. The lowest BCUT2D eigenvalue weighted by atomic mass is 10.0. The van der Waals surface area contributed by atoms with Crippen LogP contribution in [0.3, 0.4) is 0 Å². The van der Waals surface area contributed by atoms with Crippen LogP contribution in [-0.2, 0) is 11.3 Å². The van der Waals surface area contributed by atoms with Crippen LogP contribution < -0.4 is 0 Å². The topological polar surface area (TPSA) is 81.0 Å². The Hall–Kier alpha value is -1.75. The second-order valence-electron chi connectivity index (χ2n) is 4.77. The maximum atomic E-state index is 11.0. The van der Waals surface area contributed by atoms with E-state index in [-0.39, 0.29) is 23.5 Å². The van der Waals surface area contributed by atoms with E-state index < -0.39 is 5.97 Å². The predicted octanol–water partition coefficient (Wildman–Crippen LogP) is 1.39. The molecule has 5 nitrogen and oxygen atoms in total. The number of carbonyl (C=O) groups is 1. The van der Waals surface area contributed by atoms with Crippen LogP contribution in [0.25, 0.3) is 0 Å². The normalized spacial score (nSPS) is 24.3. The van der Waals surface area contributed by atoms with Gasteiger partial charge in [-0.1, -0.05) is 6.07 Å². The second kappa shape index (κ2) is 4.86. The highest BCUT2D eigenvalue weighted by molar-refractivity contribution is 5.71. The molecule has 1 saturated heterocycles. The lowest BCUT2D eigenvalue weighted by molar-refractivity contribution is -0.142. The first-order valence-corrected chi connectivity index (χ1v) is 5.96. The van der Waals surface area contributed by atoms with Gasteiger partial charge >= 0.3 is 5.97 Å². The fourth-order valence-corrected chi connectivity index (χ4v) is 2.46. The van der Waals surface area contributed by atoms with Gasteiger partial charge in [0, 0.05) is 12.6 Å². The van der Waals surface area contributed by atoms with Crippen molar-refractivity contribution in [1.29, 1.82) is 0 Å². The zero-order chi connectivity index (χ0) is 13.3. The first-order valence-electron chi connectivity index (χ1n) is 5.96. The molecule has 0 radical (unpaired) electrons. The summed E-state index contributed by atoms with van der Waals surface area (Å²) in [7, 11) is 0. The zero-order valence-corrected chi connectivity index (χ0v) is 10.2. The van der Waals surface area contributed by atoms with Crippen molar-refractivity contribution < 1.29 is 20.1 Å². The number of carboxylic acid groups (broad SMARTS) is 1. The minimum Gasteiger partial charge on any atom is -0.504 e. The minimum absolute atomic E-state index is 0.0153. The van der Waals surface area contributed by atoms with Crippen LogP contribution in [0, 0.1) is 5.92 Å². The smallest absolute Gasteiger partial charge is 0.308 e. The minimum atomic E-state index is -0.751. The third-order valence-corrected chi connectivity index (χ3v) is 3.63. The van der Waals surface area contributed by atoms with Gasteiger partial charge in [0.1, 0.15) is 0 Å². The molecule has 2 rings (SSSR count). The van der Waals surface area contributed by atoms with Gasteiger partial charge < -0.3 is 15.3 Å². The Morgan fingerprint density at radius 2 is 2.11 bits per heavy atom. The number of carboxylic acids is 1. The van der Waals surface area contributed by atoms with Crippen LogP contribution in [0.5, 0.6) is 11.5 Å². The highest BCUT2D eigenvalue weighted by Gasteiger charge is 2.35. The highest BCUT2D eigenvalue weighted by Crippen LogP contribution is 2.29. The molecule has 1 aromatic rings. The maximum absolute atomic E-state index is 11.0. The van der Waals surface area contributed by atoms with E-state index in [0.29, 0.717) is 13.0 Å². The molecule has 1 aliphatic rings. The molecule has 0 amide bonds. The summed E-state index contributed by atoms with van der Waals surface area (Å²) in [4.78, 5) is 13.1. The number of nitrogens with zero attached hydrogens (tertiary/aromatic N) is 1. The third-order valence-electron chi connectivity index (χ3n) is 3.63. The quantitative estimate of drug-likeness (QED) is 0.707. The average molecular weight is 251 g/mol. The molecule has 98 valence electrons. The summed E-state index contributed by atoms with van der Waals surface area (Å²) >= 11 is 0. The molecule has 0 aromatic heterocycles. The molecular formula is C13H17NO4. The van der Waals surface area contributed by atoms with Gasteiger partial charge in [0.05, 0.1) is 5.92 Å². The SMILES string of the molecule is CC1C(C(=O)O)CCN1Cc1ccc(O)c(O)c1. The van der Waals surface area contributed by atoms with Crippen molar-refractivity contribution in [3.63, 3.8) is 0 Å². The fourth-order valence-electron chi connectivity index (χ4n) is 2.46.